The minimum atomic E-state index is -0.128. The van der Waals surface area contributed by atoms with Gasteiger partial charge in [-0.2, -0.15) is 0 Å². The number of hydrogen-bond donors (Lipinski definition) is 2. The number of benzene rings is 2. The first-order chi connectivity index (χ1) is 17.8. The molecule has 2 saturated heterocycles. The number of rotatable bonds is 6. The number of carbonyl (C=O) groups is 3. The normalized spacial score (nSPS) is 16.1. The van der Waals surface area contributed by atoms with Gasteiger partial charge in [0.25, 0.3) is 5.91 Å². The van der Waals surface area contributed by atoms with Gasteiger partial charge in [-0.15, -0.1) is 0 Å². The smallest absolute Gasteiger partial charge is 0.321 e. The summed E-state index contributed by atoms with van der Waals surface area (Å²) in [5.74, 6) is 0.103. The Hall–Kier alpha value is -3.59. The van der Waals surface area contributed by atoms with Crippen LogP contribution >= 0.6 is 0 Å². The quantitative estimate of drug-likeness (QED) is 0.620. The molecule has 0 bridgehead atoms. The molecule has 4 amide bonds. The van der Waals surface area contributed by atoms with E-state index in [2.05, 4.69) is 15.5 Å². The number of amides is 4. The first-order valence-corrected chi connectivity index (χ1v) is 13.0. The second-order valence-electron chi connectivity index (χ2n) is 10.1. The average Bonchev–Trinajstić information content (AvgIpc) is 2.89. The fraction of sp³-hybridized carbons (Fsp3) is 0.464. The fourth-order valence-electron chi connectivity index (χ4n) is 4.57. The topological polar surface area (TPSA) is 94.2 Å². The van der Waals surface area contributed by atoms with Crippen molar-refractivity contribution in [2.24, 2.45) is 5.92 Å². The molecule has 198 valence electrons. The Kier molecular flexibility index (Phi) is 8.66. The summed E-state index contributed by atoms with van der Waals surface area (Å²) in [6.07, 6.45) is 0.418. The molecule has 9 heteroatoms. The summed E-state index contributed by atoms with van der Waals surface area (Å²) in [6.45, 7) is 10.4. The maximum absolute atomic E-state index is 13.5. The Morgan fingerprint density at radius 3 is 2.14 bits per heavy atom. The van der Waals surface area contributed by atoms with E-state index in [0.29, 0.717) is 70.2 Å². The van der Waals surface area contributed by atoms with Gasteiger partial charge < -0.3 is 30.1 Å². The van der Waals surface area contributed by atoms with Crippen molar-refractivity contribution in [3.8, 4) is 0 Å². The largest absolute Gasteiger partial charge is 0.378 e. The second kappa shape index (κ2) is 12.1. The van der Waals surface area contributed by atoms with Gasteiger partial charge in [0.2, 0.25) is 5.91 Å². The number of urea groups is 1. The van der Waals surface area contributed by atoms with E-state index in [9.17, 15) is 14.4 Å². The number of nitrogens with zero attached hydrogens (tertiary/aromatic N) is 3. The molecule has 0 spiro atoms. The summed E-state index contributed by atoms with van der Waals surface area (Å²) in [5, 5.41) is 5.90. The van der Waals surface area contributed by atoms with Gasteiger partial charge in [0, 0.05) is 62.8 Å². The van der Waals surface area contributed by atoms with Crippen LogP contribution in [0.25, 0.3) is 0 Å². The molecule has 2 N–H and O–H groups in total. The number of morpholine rings is 1. The second-order valence-corrected chi connectivity index (χ2v) is 10.1. The Balaban J connectivity index is 1.47. The van der Waals surface area contributed by atoms with E-state index in [1.807, 2.05) is 57.2 Å². The van der Waals surface area contributed by atoms with Gasteiger partial charge in [0.15, 0.2) is 0 Å². The Morgan fingerprint density at radius 1 is 0.838 bits per heavy atom. The summed E-state index contributed by atoms with van der Waals surface area (Å²) in [7, 11) is 0. The van der Waals surface area contributed by atoms with Crippen molar-refractivity contribution in [1.29, 1.82) is 0 Å². The van der Waals surface area contributed by atoms with Gasteiger partial charge in [-0.3, -0.25) is 9.59 Å². The molecule has 2 heterocycles. The van der Waals surface area contributed by atoms with Gasteiger partial charge in [0.05, 0.1) is 18.8 Å². The summed E-state index contributed by atoms with van der Waals surface area (Å²) < 4.78 is 5.42. The van der Waals surface area contributed by atoms with Crippen LogP contribution in [0.15, 0.2) is 42.5 Å². The molecule has 0 aromatic heterocycles. The zero-order chi connectivity index (χ0) is 26.4. The molecule has 4 rings (SSSR count). The first-order valence-electron chi connectivity index (χ1n) is 13.0. The molecular formula is C28H37N5O4. The highest BCUT2D eigenvalue weighted by atomic mass is 16.5. The monoisotopic (exact) mass is 507 g/mol. The van der Waals surface area contributed by atoms with E-state index in [4.69, 9.17) is 4.74 Å². The van der Waals surface area contributed by atoms with E-state index in [1.165, 1.54) is 0 Å². The predicted molar refractivity (Wildman–Crippen MR) is 145 cm³/mol. The van der Waals surface area contributed by atoms with Crippen molar-refractivity contribution in [2.75, 3.05) is 68.0 Å². The van der Waals surface area contributed by atoms with E-state index in [1.54, 1.807) is 15.9 Å². The van der Waals surface area contributed by atoms with E-state index >= 15 is 0 Å². The number of nitrogens with one attached hydrogen (secondary N) is 2. The van der Waals surface area contributed by atoms with Crippen LogP contribution in [0.4, 0.5) is 21.9 Å². The van der Waals surface area contributed by atoms with Crippen LogP contribution in [0.3, 0.4) is 0 Å². The Labute approximate surface area is 218 Å². The lowest BCUT2D eigenvalue weighted by atomic mass is 10.1. The van der Waals surface area contributed by atoms with Gasteiger partial charge in [-0.25, -0.2) is 4.79 Å². The highest BCUT2D eigenvalue weighted by Gasteiger charge is 2.27. The number of anilines is 3. The number of hydrogen-bond acceptors (Lipinski definition) is 5. The van der Waals surface area contributed by atoms with Crippen LogP contribution in [0.5, 0.6) is 0 Å². The highest BCUT2D eigenvalue weighted by molar-refractivity contribution is 6.02. The van der Waals surface area contributed by atoms with Gasteiger partial charge in [-0.1, -0.05) is 31.5 Å². The van der Waals surface area contributed by atoms with Crippen molar-refractivity contribution in [3.05, 3.63) is 53.6 Å². The molecule has 9 nitrogen and oxygen atoms in total. The molecule has 2 aromatic carbocycles. The number of aryl methyl sites for hydroxylation is 1. The lowest BCUT2D eigenvalue weighted by molar-refractivity contribution is -0.116. The van der Waals surface area contributed by atoms with E-state index in [-0.39, 0.29) is 23.8 Å². The van der Waals surface area contributed by atoms with E-state index < -0.39 is 0 Å². The molecule has 2 aliphatic heterocycles. The van der Waals surface area contributed by atoms with Crippen molar-refractivity contribution >= 4 is 34.9 Å². The molecule has 0 unspecified atom stereocenters. The SMILES string of the molecule is Cc1ccc(NC(=O)N2CCN(c3ccc(NC(=O)CC(C)C)cc3C(=O)N3CCOCC3)CC2)cc1. The number of ether oxygens (including phenoxy) is 1. The van der Waals surface area contributed by atoms with Crippen LogP contribution in [0, 0.1) is 12.8 Å². The zero-order valence-corrected chi connectivity index (χ0v) is 22.0. The zero-order valence-electron chi connectivity index (χ0n) is 22.0. The summed E-state index contributed by atoms with van der Waals surface area (Å²) in [4.78, 5) is 44.4. The van der Waals surface area contributed by atoms with Crippen molar-refractivity contribution in [2.45, 2.75) is 27.2 Å². The number of piperazine rings is 1. The third-order valence-electron chi connectivity index (χ3n) is 6.61. The molecule has 2 aliphatic rings. The third kappa shape index (κ3) is 7.01. The van der Waals surface area contributed by atoms with Crippen LogP contribution in [-0.2, 0) is 9.53 Å². The van der Waals surface area contributed by atoms with Crippen molar-refractivity contribution in [3.63, 3.8) is 0 Å². The van der Waals surface area contributed by atoms with E-state index in [0.717, 1.165) is 16.9 Å². The van der Waals surface area contributed by atoms with Gasteiger partial charge >= 0.3 is 6.03 Å². The molecule has 2 fully saturated rings. The molecule has 2 aromatic rings. The highest BCUT2D eigenvalue weighted by Crippen LogP contribution is 2.28. The maximum atomic E-state index is 13.5. The fourth-order valence-corrected chi connectivity index (χ4v) is 4.57. The standard InChI is InChI=1S/C28H37N5O4/c1-20(2)18-26(34)29-23-8-9-25(24(19-23)27(35)32-14-16-37-17-15-32)31-10-12-33(13-11-31)28(36)30-22-6-4-21(3)5-7-22/h4-9,19-20H,10-18H2,1-3H3,(H,29,34)(H,30,36). The maximum Gasteiger partial charge on any atom is 0.321 e. The van der Waals surface area contributed by atoms with Crippen LogP contribution in [0.1, 0.15) is 36.2 Å². The third-order valence-corrected chi connectivity index (χ3v) is 6.61. The first kappa shape index (κ1) is 26.5. The summed E-state index contributed by atoms with van der Waals surface area (Å²) >= 11 is 0. The molecule has 0 aliphatic carbocycles. The molecular weight excluding hydrogens is 470 g/mol. The molecule has 0 saturated carbocycles. The predicted octanol–water partition coefficient (Wildman–Crippen LogP) is 3.81. The average molecular weight is 508 g/mol. The Bertz CT molecular complexity index is 1100. The van der Waals surface area contributed by atoms with Crippen molar-refractivity contribution < 1.29 is 19.1 Å². The molecule has 37 heavy (non-hydrogen) atoms. The Morgan fingerprint density at radius 2 is 1.49 bits per heavy atom. The van der Waals surface area contributed by atoms with Gasteiger partial charge in [0.1, 0.15) is 0 Å². The van der Waals surface area contributed by atoms with Crippen LogP contribution in [0.2, 0.25) is 0 Å². The summed E-state index contributed by atoms with van der Waals surface area (Å²) in [5.41, 5.74) is 3.90. The van der Waals surface area contributed by atoms with Gasteiger partial charge in [-0.05, 0) is 43.2 Å². The lowest BCUT2D eigenvalue weighted by Gasteiger charge is -2.37. The van der Waals surface area contributed by atoms with Crippen LogP contribution in [-0.4, -0.2) is 80.1 Å². The van der Waals surface area contributed by atoms with Crippen molar-refractivity contribution in [1.82, 2.24) is 9.80 Å². The minimum absolute atomic E-state index is 0.0688. The minimum Gasteiger partial charge on any atom is -0.378 e. The number of carbonyl (C=O) groups excluding carboxylic acids is 3. The summed E-state index contributed by atoms with van der Waals surface area (Å²) in [6, 6.07) is 13.1. The molecule has 0 atom stereocenters. The lowest BCUT2D eigenvalue weighted by Crippen LogP contribution is -2.50. The van der Waals surface area contributed by atoms with Crippen LogP contribution < -0.4 is 15.5 Å². The molecule has 0 radical (unpaired) electrons.